The molecule has 0 fully saturated rings. The molecule has 0 spiro atoms. The van der Waals surface area contributed by atoms with Crippen molar-refractivity contribution in [3.63, 3.8) is 0 Å². The zero-order chi connectivity index (χ0) is 16.2. The lowest BCUT2D eigenvalue weighted by Gasteiger charge is -2.15. The number of alkyl halides is 3. The standard InChI is InChI=1S/C15H9F3N2O2/c16-15(17,18)14-11(8-19)2-1-3-13(14)22-12-6-4-10(5-7-12)9-20-21/h1-7,9,21H/b20-9-. The Hall–Kier alpha value is -3.01. The fraction of sp³-hybridized carbons (Fsp3) is 0.0667. The number of ether oxygens (including phenoxy) is 1. The number of benzene rings is 2. The summed E-state index contributed by atoms with van der Waals surface area (Å²) in [5.41, 5.74) is -1.07. The Morgan fingerprint density at radius 3 is 2.36 bits per heavy atom. The normalized spacial score (nSPS) is 11.4. The minimum Gasteiger partial charge on any atom is -0.457 e. The maximum Gasteiger partial charge on any atom is 0.421 e. The van der Waals surface area contributed by atoms with Crippen molar-refractivity contribution in [2.24, 2.45) is 5.16 Å². The molecule has 0 aliphatic rings. The van der Waals surface area contributed by atoms with E-state index in [1.165, 1.54) is 42.6 Å². The van der Waals surface area contributed by atoms with Crippen LogP contribution >= 0.6 is 0 Å². The Bertz CT molecular complexity index is 732. The molecule has 2 aromatic carbocycles. The second kappa shape index (κ2) is 6.18. The molecule has 7 heteroatoms. The quantitative estimate of drug-likeness (QED) is 0.525. The molecule has 2 rings (SSSR count). The summed E-state index contributed by atoms with van der Waals surface area (Å²) in [6, 6.07) is 10.9. The molecule has 112 valence electrons. The number of nitrogens with zero attached hydrogens (tertiary/aromatic N) is 2. The molecule has 0 bridgehead atoms. The lowest BCUT2D eigenvalue weighted by atomic mass is 10.1. The zero-order valence-corrected chi connectivity index (χ0v) is 11.0. The van der Waals surface area contributed by atoms with Crippen molar-refractivity contribution >= 4 is 6.21 Å². The number of hydrogen-bond donors (Lipinski definition) is 1. The molecule has 0 aliphatic heterocycles. The first-order valence-electron chi connectivity index (χ1n) is 6.01. The van der Waals surface area contributed by atoms with Gasteiger partial charge in [-0.3, -0.25) is 0 Å². The highest BCUT2D eigenvalue weighted by molar-refractivity contribution is 5.79. The predicted molar refractivity (Wildman–Crippen MR) is 72.1 cm³/mol. The third-order valence-corrected chi connectivity index (χ3v) is 2.74. The van der Waals surface area contributed by atoms with E-state index in [0.29, 0.717) is 5.56 Å². The van der Waals surface area contributed by atoms with E-state index in [1.807, 2.05) is 0 Å². The van der Waals surface area contributed by atoms with Gasteiger partial charge in [0.2, 0.25) is 0 Å². The summed E-state index contributed by atoms with van der Waals surface area (Å²) in [4.78, 5) is 0. The predicted octanol–water partition coefficient (Wildman–Crippen LogP) is 4.18. The van der Waals surface area contributed by atoms with Crippen molar-refractivity contribution in [1.29, 1.82) is 5.26 Å². The molecule has 0 aromatic heterocycles. The van der Waals surface area contributed by atoms with E-state index in [2.05, 4.69) is 5.16 Å². The molecule has 0 heterocycles. The molecule has 22 heavy (non-hydrogen) atoms. The molecule has 0 aliphatic carbocycles. The first-order chi connectivity index (χ1) is 10.5. The Kier molecular flexibility index (Phi) is 4.32. The zero-order valence-electron chi connectivity index (χ0n) is 11.0. The molecule has 4 nitrogen and oxygen atoms in total. The number of halogens is 3. The first-order valence-corrected chi connectivity index (χ1v) is 6.01. The summed E-state index contributed by atoms with van der Waals surface area (Å²) in [5, 5.41) is 20.1. The average molecular weight is 306 g/mol. The third-order valence-electron chi connectivity index (χ3n) is 2.74. The molecule has 2 aromatic rings. The molecule has 1 N–H and O–H groups in total. The molecule has 0 atom stereocenters. The van der Waals surface area contributed by atoms with Crippen LogP contribution in [0.3, 0.4) is 0 Å². The minimum absolute atomic E-state index is 0.163. The number of nitriles is 1. The monoisotopic (exact) mass is 306 g/mol. The van der Waals surface area contributed by atoms with Crippen LogP contribution in [0.5, 0.6) is 11.5 Å². The van der Waals surface area contributed by atoms with Gasteiger partial charge < -0.3 is 9.94 Å². The van der Waals surface area contributed by atoms with Gasteiger partial charge in [0.05, 0.1) is 17.8 Å². The van der Waals surface area contributed by atoms with Gasteiger partial charge in [-0.25, -0.2) is 0 Å². The Labute approximate surface area is 123 Å². The fourth-order valence-electron chi connectivity index (χ4n) is 1.82. The SMILES string of the molecule is N#Cc1cccc(Oc2ccc(/C=N\O)cc2)c1C(F)(F)F. The summed E-state index contributed by atoms with van der Waals surface area (Å²) in [5.74, 6) is -0.286. The molecule has 0 amide bonds. The van der Waals surface area contributed by atoms with Gasteiger partial charge >= 0.3 is 6.18 Å². The van der Waals surface area contributed by atoms with Crippen molar-refractivity contribution in [3.8, 4) is 17.6 Å². The molecular formula is C15H9F3N2O2. The molecule has 0 unspecified atom stereocenters. The van der Waals surface area contributed by atoms with Crippen LogP contribution in [0.2, 0.25) is 0 Å². The Balaban J connectivity index is 2.39. The largest absolute Gasteiger partial charge is 0.457 e. The van der Waals surface area contributed by atoms with Crippen molar-refractivity contribution < 1.29 is 23.1 Å². The van der Waals surface area contributed by atoms with Gasteiger partial charge in [0.25, 0.3) is 0 Å². The maximum absolute atomic E-state index is 13.1. The fourth-order valence-corrected chi connectivity index (χ4v) is 1.82. The van der Waals surface area contributed by atoms with Crippen LogP contribution in [0.25, 0.3) is 0 Å². The third kappa shape index (κ3) is 3.35. The second-order valence-electron chi connectivity index (χ2n) is 4.20. The molecule has 0 saturated carbocycles. The van der Waals surface area contributed by atoms with Crippen LogP contribution in [0, 0.1) is 11.3 Å². The van der Waals surface area contributed by atoms with Gasteiger partial charge in [-0.1, -0.05) is 11.2 Å². The Morgan fingerprint density at radius 1 is 1.14 bits per heavy atom. The van der Waals surface area contributed by atoms with E-state index in [-0.39, 0.29) is 5.75 Å². The van der Waals surface area contributed by atoms with E-state index in [1.54, 1.807) is 0 Å². The van der Waals surface area contributed by atoms with Gasteiger partial charge in [-0.05, 0) is 42.0 Å². The van der Waals surface area contributed by atoms with E-state index < -0.39 is 23.1 Å². The van der Waals surface area contributed by atoms with Crippen LogP contribution in [-0.2, 0) is 6.18 Å². The minimum atomic E-state index is -4.70. The highest BCUT2D eigenvalue weighted by Crippen LogP contribution is 2.40. The number of rotatable bonds is 3. The van der Waals surface area contributed by atoms with Crippen molar-refractivity contribution in [2.45, 2.75) is 6.18 Å². The summed E-state index contributed by atoms with van der Waals surface area (Å²) in [7, 11) is 0. The van der Waals surface area contributed by atoms with Gasteiger partial charge in [-0.15, -0.1) is 0 Å². The number of hydrogen-bond acceptors (Lipinski definition) is 4. The van der Waals surface area contributed by atoms with Crippen LogP contribution in [-0.4, -0.2) is 11.4 Å². The van der Waals surface area contributed by atoms with Gasteiger partial charge in [-0.2, -0.15) is 18.4 Å². The van der Waals surface area contributed by atoms with E-state index in [9.17, 15) is 13.2 Å². The second-order valence-corrected chi connectivity index (χ2v) is 4.20. The highest BCUT2D eigenvalue weighted by atomic mass is 19.4. The van der Waals surface area contributed by atoms with E-state index >= 15 is 0 Å². The molecule has 0 saturated heterocycles. The van der Waals surface area contributed by atoms with Crippen molar-refractivity contribution in [2.75, 3.05) is 0 Å². The Morgan fingerprint density at radius 2 is 1.82 bits per heavy atom. The summed E-state index contributed by atoms with van der Waals surface area (Å²) in [6.07, 6.45) is -3.54. The van der Waals surface area contributed by atoms with Gasteiger partial charge in [0, 0.05) is 0 Å². The van der Waals surface area contributed by atoms with Crippen molar-refractivity contribution in [3.05, 3.63) is 59.2 Å². The van der Waals surface area contributed by atoms with Crippen molar-refractivity contribution in [1.82, 2.24) is 0 Å². The lowest BCUT2D eigenvalue weighted by Crippen LogP contribution is -2.09. The van der Waals surface area contributed by atoms with Crippen LogP contribution in [0.15, 0.2) is 47.6 Å². The average Bonchev–Trinajstić information content (AvgIpc) is 2.48. The first kappa shape index (κ1) is 15.4. The van der Waals surface area contributed by atoms with Crippen LogP contribution in [0.4, 0.5) is 13.2 Å². The van der Waals surface area contributed by atoms with Gasteiger partial charge in [0.1, 0.15) is 17.1 Å². The van der Waals surface area contributed by atoms with E-state index in [0.717, 1.165) is 12.1 Å². The number of oxime groups is 1. The van der Waals surface area contributed by atoms with Crippen LogP contribution < -0.4 is 4.74 Å². The summed E-state index contributed by atoms with van der Waals surface area (Å²) >= 11 is 0. The molecular weight excluding hydrogens is 297 g/mol. The smallest absolute Gasteiger partial charge is 0.421 e. The summed E-state index contributed by atoms with van der Waals surface area (Å²) in [6.45, 7) is 0. The maximum atomic E-state index is 13.1. The summed E-state index contributed by atoms with van der Waals surface area (Å²) < 4.78 is 44.5. The van der Waals surface area contributed by atoms with Crippen LogP contribution in [0.1, 0.15) is 16.7 Å². The highest BCUT2D eigenvalue weighted by Gasteiger charge is 2.37. The van der Waals surface area contributed by atoms with E-state index in [4.69, 9.17) is 15.2 Å². The lowest BCUT2D eigenvalue weighted by molar-refractivity contribution is -0.138. The molecule has 0 radical (unpaired) electrons. The van der Waals surface area contributed by atoms with Gasteiger partial charge in [0.15, 0.2) is 0 Å². The topological polar surface area (TPSA) is 65.6 Å².